The van der Waals surface area contributed by atoms with E-state index in [9.17, 15) is 13.2 Å². The smallest absolute Gasteiger partial charge is 0.328 e. The maximum absolute atomic E-state index is 12.0. The zero-order valence-electron chi connectivity index (χ0n) is 10.1. The van der Waals surface area contributed by atoms with Gasteiger partial charge < -0.3 is 5.11 Å². The van der Waals surface area contributed by atoms with Crippen molar-refractivity contribution in [3.8, 4) is 0 Å². The number of nitrogens with one attached hydrogen (secondary N) is 1. The van der Waals surface area contributed by atoms with Crippen molar-refractivity contribution < 1.29 is 18.3 Å². The second kappa shape index (κ2) is 5.85. The molecule has 1 heterocycles. The molecule has 2 N–H and O–H groups in total. The molecule has 104 valence electrons. The summed E-state index contributed by atoms with van der Waals surface area (Å²) in [6.45, 7) is 0. The van der Waals surface area contributed by atoms with Gasteiger partial charge in [0.2, 0.25) is 0 Å². The second-order valence-corrected chi connectivity index (χ2v) is 6.40. The Kier molecular flexibility index (Phi) is 4.16. The van der Waals surface area contributed by atoms with Crippen LogP contribution in [0.4, 0.5) is 5.13 Å². The molecule has 0 radical (unpaired) electrons. The van der Waals surface area contributed by atoms with Crippen molar-refractivity contribution in [2.45, 2.75) is 4.90 Å². The minimum atomic E-state index is -3.67. The maximum atomic E-state index is 12.0. The van der Waals surface area contributed by atoms with Gasteiger partial charge >= 0.3 is 5.97 Å². The Morgan fingerprint density at radius 1 is 1.30 bits per heavy atom. The lowest BCUT2D eigenvalue weighted by Crippen LogP contribution is -2.12. The van der Waals surface area contributed by atoms with E-state index >= 15 is 0 Å². The molecule has 0 amide bonds. The quantitative estimate of drug-likeness (QED) is 0.824. The average molecular weight is 310 g/mol. The number of anilines is 1. The lowest BCUT2D eigenvalue weighted by Gasteiger charge is -2.03. The molecule has 6 nitrogen and oxygen atoms in total. The maximum Gasteiger partial charge on any atom is 0.328 e. The standard InChI is InChI=1S/C12H10N2O4S2/c15-11(16)7-6-9-8-13-12(19-9)14-20(17,18)10-4-2-1-3-5-10/h1-8H,(H,13,14)(H,15,16). The van der Waals surface area contributed by atoms with Crippen molar-refractivity contribution in [2.24, 2.45) is 0 Å². The van der Waals surface area contributed by atoms with E-state index in [2.05, 4.69) is 9.71 Å². The van der Waals surface area contributed by atoms with E-state index in [0.717, 1.165) is 17.4 Å². The number of carboxylic acids is 1. The highest BCUT2D eigenvalue weighted by atomic mass is 32.2. The van der Waals surface area contributed by atoms with Gasteiger partial charge in [-0.3, -0.25) is 4.72 Å². The molecule has 8 heteroatoms. The minimum Gasteiger partial charge on any atom is -0.478 e. The van der Waals surface area contributed by atoms with E-state index in [4.69, 9.17) is 5.11 Å². The Balaban J connectivity index is 2.17. The average Bonchev–Trinajstić information content (AvgIpc) is 2.84. The molecule has 1 aromatic carbocycles. The normalized spacial score (nSPS) is 11.6. The van der Waals surface area contributed by atoms with Gasteiger partial charge in [0, 0.05) is 17.2 Å². The number of carbonyl (C=O) groups is 1. The van der Waals surface area contributed by atoms with Crippen LogP contribution < -0.4 is 4.72 Å². The summed E-state index contributed by atoms with van der Waals surface area (Å²) in [6, 6.07) is 7.91. The van der Waals surface area contributed by atoms with Gasteiger partial charge in [-0.1, -0.05) is 29.5 Å². The number of carboxylic acid groups (broad SMARTS) is 1. The minimum absolute atomic E-state index is 0.137. The molecule has 0 spiro atoms. The topological polar surface area (TPSA) is 96.4 Å². The third-order valence-corrected chi connectivity index (χ3v) is 4.55. The summed E-state index contributed by atoms with van der Waals surface area (Å²) < 4.78 is 26.4. The molecule has 0 bridgehead atoms. The Morgan fingerprint density at radius 3 is 2.65 bits per heavy atom. The lowest BCUT2D eigenvalue weighted by molar-refractivity contribution is -0.131. The first-order valence-electron chi connectivity index (χ1n) is 5.42. The summed E-state index contributed by atoms with van der Waals surface area (Å²) in [5.74, 6) is -1.08. The number of thiazole rings is 1. The largest absolute Gasteiger partial charge is 0.478 e. The Hall–Kier alpha value is -2.19. The van der Waals surface area contributed by atoms with Crippen LogP contribution in [-0.4, -0.2) is 24.5 Å². The van der Waals surface area contributed by atoms with E-state index in [0.29, 0.717) is 4.88 Å². The molecule has 2 rings (SSSR count). The molecule has 0 atom stereocenters. The van der Waals surface area contributed by atoms with Crippen LogP contribution in [0.1, 0.15) is 4.88 Å². The number of rotatable bonds is 5. The fourth-order valence-corrected chi connectivity index (χ4v) is 3.32. The summed E-state index contributed by atoms with van der Waals surface area (Å²) in [7, 11) is -3.67. The molecule has 0 saturated carbocycles. The van der Waals surface area contributed by atoms with Gasteiger partial charge in [-0.2, -0.15) is 0 Å². The summed E-state index contributed by atoms with van der Waals surface area (Å²) in [5, 5.41) is 8.68. The molecule has 2 aromatic rings. The van der Waals surface area contributed by atoms with Crippen molar-refractivity contribution in [1.82, 2.24) is 4.98 Å². The molecule has 0 fully saturated rings. The third-order valence-electron chi connectivity index (χ3n) is 2.19. The molecular formula is C12H10N2O4S2. The number of benzene rings is 1. The Morgan fingerprint density at radius 2 is 2.00 bits per heavy atom. The Bertz CT molecular complexity index is 736. The highest BCUT2D eigenvalue weighted by molar-refractivity contribution is 7.93. The number of aromatic nitrogens is 1. The monoisotopic (exact) mass is 310 g/mol. The van der Waals surface area contributed by atoms with Crippen LogP contribution in [0.5, 0.6) is 0 Å². The Labute approximate surface area is 119 Å². The summed E-state index contributed by atoms with van der Waals surface area (Å²) in [4.78, 5) is 14.9. The zero-order valence-corrected chi connectivity index (χ0v) is 11.7. The molecule has 0 saturated heterocycles. The first-order valence-corrected chi connectivity index (χ1v) is 7.72. The van der Waals surface area contributed by atoms with E-state index in [-0.39, 0.29) is 10.0 Å². The van der Waals surface area contributed by atoms with Crippen LogP contribution in [0.15, 0.2) is 47.5 Å². The molecule has 0 unspecified atom stereocenters. The van der Waals surface area contributed by atoms with E-state index in [1.165, 1.54) is 24.4 Å². The van der Waals surface area contributed by atoms with Crippen molar-refractivity contribution in [3.05, 3.63) is 47.5 Å². The SMILES string of the molecule is O=C(O)C=Cc1cnc(NS(=O)(=O)c2ccccc2)s1. The van der Waals surface area contributed by atoms with Crippen molar-refractivity contribution in [1.29, 1.82) is 0 Å². The summed E-state index contributed by atoms with van der Waals surface area (Å²) in [6.07, 6.45) is 3.70. The van der Waals surface area contributed by atoms with E-state index in [1.54, 1.807) is 18.2 Å². The zero-order chi connectivity index (χ0) is 14.6. The lowest BCUT2D eigenvalue weighted by atomic mass is 10.4. The van der Waals surface area contributed by atoms with Gasteiger partial charge in [0.05, 0.1) is 4.90 Å². The van der Waals surface area contributed by atoms with Gasteiger partial charge in [-0.05, 0) is 18.2 Å². The van der Waals surface area contributed by atoms with Crippen LogP contribution in [-0.2, 0) is 14.8 Å². The predicted molar refractivity (Wildman–Crippen MR) is 76.0 cm³/mol. The predicted octanol–water partition coefficient (Wildman–Crippen LogP) is 2.04. The van der Waals surface area contributed by atoms with Gasteiger partial charge in [0.1, 0.15) is 0 Å². The van der Waals surface area contributed by atoms with Crippen LogP contribution in [0.3, 0.4) is 0 Å². The molecule has 1 aromatic heterocycles. The summed E-state index contributed by atoms with van der Waals surface area (Å²) >= 11 is 1.04. The highest BCUT2D eigenvalue weighted by Crippen LogP contribution is 2.22. The van der Waals surface area contributed by atoms with Gasteiger partial charge in [0.15, 0.2) is 5.13 Å². The van der Waals surface area contributed by atoms with E-state index < -0.39 is 16.0 Å². The highest BCUT2D eigenvalue weighted by Gasteiger charge is 2.15. The third kappa shape index (κ3) is 3.65. The number of hydrogen-bond acceptors (Lipinski definition) is 5. The molecule has 0 aliphatic heterocycles. The van der Waals surface area contributed by atoms with Gasteiger partial charge in [-0.25, -0.2) is 18.2 Å². The van der Waals surface area contributed by atoms with Crippen LogP contribution >= 0.6 is 11.3 Å². The van der Waals surface area contributed by atoms with Crippen LogP contribution in [0.25, 0.3) is 6.08 Å². The number of nitrogens with zero attached hydrogens (tertiary/aromatic N) is 1. The molecule has 0 aliphatic carbocycles. The van der Waals surface area contributed by atoms with Crippen molar-refractivity contribution >= 4 is 38.5 Å². The van der Waals surface area contributed by atoms with Crippen LogP contribution in [0.2, 0.25) is 0 Å². The van der Waals surface area contributed by atoms with Gasteiger partial charge in [-0.15, -0.1) is 0 Å². The fraction of sp³-hybridized carbons (Fsp3) is 0. The van der Waals surface area contributed by atoms with Gasteiger partial charge in [0.25, 0.3) is 10.0 Å². The van der Waals surface area contributed by atoms with Crippen molar-refractivity contribution in [3.63, 3.8) is 0 Å². The first-order chi connectivity index (χ1) is 9.47. The number of hydrogen-bond donors (Lipinski definition) is 2. The second-order valence-electron chi connectivity index (χ2n) is 3.66. The summed E-state index contributed by atoms with van der Waals surface area (Å²) in [5.41, 5.74) is 0. The first kappa shape index (κ1) is 14.2. The number of sulfonamides is 1. The molecular weight excluding hydrogens is 300 g/mol. The van der Waals surface area contributed by atoms with Crippen molar-refractivity contribution in [2.75, 3.05) is 4.72 Å². The number of aliphatic carboxylic acids is 1. The molecule has 0 aliphatic rings. The van der Waals surface area contributed by atoms with Crippen LogP contribution in [0, 0.1) is 0 Å². The molecule has 20 heavy (non-hydrogen) atoms. The van der Waals surface area contributed by atoms with E-state index in [1.807, 2.05) is 0 Å². The fourth-order valence-electron chi connectivity index (χ4n) is 1.34.